The Morgan fingerprint density at radius 1 is 0.783 bits per heavy atom. The molecule has 0 radical (unpaired) electrons. The van der Waals surface area contributed by atoms with Crippen LogP contribution in [0.2, 0.25) is 0 Å². The van der Waals surface area contributed by atoms with Gasteiger partial charge >= 0.3 is 0 Å². The second-order valence-corrected chi connectivity index (χ2v) is 5.32. The zero-order chi connectivity index (χ0) is 15.5. The van der Waals surface area contributed by atoms with Gasteiger partial charge in [0, 0.05) is 29.1 Å². The van der Waals surface area contributed by atoms with Gasteiger partial charge in [0.05, 0.1) is 6.54 Å². The van der Waals surface area contributed by atoms with Crippen molar-refractivity contribution in [1.82, 2.24) is 9.97 Å². The van der Waals surface area contributed by atoms with Crippen LogP contribution in [0.4, 0.5) is 0 Å². The lowest BCUT2D eigenvalue weighted by molar-refractivity contribution is 0.229. The van der Waals surface area contributed by atoms with Gasteiger partial charge in [-0.3, -0.25) is 0 Å². The molecule has 0 aliphatic carbocycles. The third kappa shape index (κ3) is 2.83. The predicted molar refractivity (Wildman–Crippen MR) is 89.1 cm³/mol. The fraction of sp³-hybridized carbons (Fsp3) is 0.105. The van der Waals surface area contributed by atoms with Gasteiger partial charge in [0.25, 0.3) is 0 Å². The largest absolute Gasteiger partial charge is 0.467 e. The fourth-order valence-corrected chi connectivity index (χ4v) is 2.53. The fourth-order valence-electron chi connectivity index (χ4n) is 2.53. The van der Waals surface area contributed by atoms with Gasteiger partial charge in [-0.15, -0.1) is 0 Å². The summed E-state index contributed by atoms with van der Waals surface area (Å²) in [5, 5.41) is 0. The highest BCUT2D eigenvalue weighted by molar-refractivity contribution is 5.95. The SMILES string of the molecule is c1ccc(C2=NCC(c3cnc(-c4ccccc4)nc3)O2)cc1. The first-order valence-electron chi connectivity index (χ1n) is 7.54. The Bertz CT molecular complexity index is 814. The molecule has 1 aliphatic heterocycles. The second-order valence-electron chi connectivity index (χ2n) is 5.32. The molecule has 0 amide bonds. The average molecular weight is 301 g/mol. The molecule has 4 heteroatoms. The second kappa shape index (κ2) is 6.01. The molecule has 0 bridgehead atoms. The van der Waals surface area contributed by atoms with Gasteiger partial charge in [-0.05, 0) is 12.1 Å². The van der Waals surface area contributed by atoms with Crippen molar-refractivity contribution in [2.75, 3.05) is 6.54 Å². The number of aliphatic imine (C=N–C) groups is 1. The highest BCUT2D eigenvalue weighted by Gasteiger charge is 2.23. The van der Waals surface area contributed by atoms with Crippen LogP contribution in [0.15, 0.2) is 78.0 Å². The van der Waals surface area contributed by atoms with E-state index >= 15 is 0 Å². The van der Waals surface area contributed by atoms with Crippen molar-refractivity contribution in [3.8, 4) is 11.4 Å². The number of ether oxygens (including phenoxy) is 1. The van der Waals surface area contributed by atoms with E-state index in [2.05, 4.69) is 15.0 Å². The minimum Gasteiger partial charge on any atom is -0.467 e. The molecule has 1 aromatic heterocycles. The van der Waals surface area contributed by atoms with Gasteiger partial charge in [0.15, 0.2) is 5.82 Å². The predicted octanol–water partition coefficient (Wildman–Crippen LogP) is 3.66. The molecule has 4 rings (SSSR count). The van der Waals surface area contributed by atoms with Crippen LogP contribution in [0.3, 0.4) is 0 Å². The van der Waals surface area contributed by atoms with E-state index in [9.17, 15) is 0 Å². The molecule has 4 nitrogen and oxygen atoms in total. The summed E-state index contributed by atoms with van der Waals surface area (Å²) < 4.78 is 5.95. The van der Waals surface area contributed by atoms with Crippen LogP contribution in [-0.4, -0.2) is 22.4 Å². The summed E-state index contributed by atoms with van der Waals surface area (Å²) in [5.41, 5.74) is 2.95. The van der Waals surface area contributed by atoms with Crippen LogP contribution >= 0.6 is 0 Å². The van der Waals surface area contributed by atoms with E-state index in [1.807, 2.05) is 73.1 Å². The maximum atomic E-state index is 5.95. The first kappa shape index (κ1) is 13.6. The summed E-state index contributed by atoms with van der Waals surface area (Å²) >= 11 is 0. The number of benzene rings is 2. The van der Waals surface area contributed by atoms with Crippen LogP contribution in [-0.2, 0) is 4.74 Å². The van der Waals surface area contributed by atoms with E-state index in [0.717, 1.165) is 22.5 Å². The van der Waals surface area contributed by atoms with Crippen molar-refractivity contribution in [2.24, 2.45) is 4.99 Å². The molecule has 1 unspecified atom stereocenters. The Morgan fingerprint density at radius 2 is 1.39 bits per heavy atom. The number of hydrogen-bond acceptors (Lipinski definition) is 4. The van der Waals surface area contributed by atoms with Gasteiger partial charge in [-0.2, -0.15) is 0 Å². The van der Waals surface area contributed by atoms with Crippen LogP contribution in [0.5, 0.6) is 0 Å². The number of rotatable bonds is 3. The number of nitrogens with zero attached hydrogens (tertiary/aromatic N) is 3. The van der Waals surface area contributed by atoms with E-state index in [-0.39, 0.29) is 6.10 Å². The topological polar surface area (TPSA) is 47.4 Å². The van der Waals surface area contributed by atoms with Gasteiger partial charge in [0.2, 0.25) is 5.90 Å². The van der Waals surface area contributed by atoms with Crippen molar-refractivity contribution < 1.29 is 4.74 Å². The summed E-state index contributed by atoms with van der Waals surface area (Å²) in [5.74, 6) is 1.40. The Labute approximate surface area is 134 Å². The van der Waals surface area contributed by atoms with E-state index < -0.39 is 0 Å². The number of aromatic nitrogens is 2. The zero-order valence-corrected chi connectivity index (χ0v) is 12.5. The normalized spacial score (nSPS) is 16.7. The molecule has 3 aromatic rings. The Hall–Kier alpha value is -3.01. The highest BCUT2D eigenvalue weighted by Crippen LogP contribution is 2.25. The first-order chi connectivity index (χ1) is 11.4. The molecule has 2 aromatic carbocycles. The molecular formula is C19H15N3O. The van der Waals surface area contributed by atoms with Crippen molar-refractivity contribution >= 4 is 5.90 Å². The van der Waals surface area contributed by atoms with Gasteiger partial charge in [0.1, 0.15) is 6.10 Å². The van der Waals surface area contributed by atoms with Crippen molar-refractivity contribution in [3.63, 3.8) is 0 Å². The summed E-state index contributed by atoms with van der Waals surface area (Å²) in [6.45, 7) is 0.596. The van der Waals surface area contributed by atoms with Gasteiger partial charge in [-0.25, -0.2) is 15.0 Å². The molecule has 0 fully saturated rings. The lowest BCUT2D eigenvalue weighted by Crippen LogP contribution is -2.07. The third-order valence-corrected chi connectivity index (χ3v) is 3.75. The minimum atomic E-state index is -0.116. The highest BCUT2D eigenvalue weighted by atomic mass is 16.5. The van der Waals surface area contributed by atoms with Crippen molar-refractivity contribution in [3.05, 3.63) is 84.2 Å². The summed E-state index contributed by atoms with van der Waals surface area (Å²) in [4.78, 5) is 13.4. The molecule has 0 saturated carbocycles. The molecule has 1 atom stereocenters. The van der Waals surface area contributed by atoms with Crippen LogP contribution < -0.4 is 0 Å². The van der Waals surface area contributed by atoms with E-state index in [4.69, 9.17) is 4.74 Å². The Balaban J connectivity index is 1.50. The number of hydrogen-bond donors (Lipinski definition) is 0. The smallest absolute Gasteiger partial charge is 0.216 e. The summed E-state index contributed by atoms with van der Waals surface area (Å²) in [6.07, 6.45) is 3.53. The lowest BCUT2D eigenvalue weighted by Gasteiger charge is -2.11. The maximum absolute atomic E-state index is 5.95. The zero-order valence-electron chi connectivity index (χ0n) is 12.5. The van der Waals surface area contributed by atoms with Gasteiger partial charge < -0.3 is 4.74 Å². The standard InChI is InChI=1S/C19H15N3O/c1-3-7-14(8-4-1)18-20-11-16(12-21-18)17-13-22-19(23-17)15-9-5-2-6-10-15/h1-12,17H,13H2. The first-order valence-corrected chi connectivity index (χ1v) is 7.54. The minimum absolute atomic E-state index is 0.116. The van der Waals surface area contributed by atoms with Crippen molar-refractivity contribution in [1.29, 1.82) is 0 Å². The van der Waals surface area contributed by atoms with Crippen LogP contribution in [0, 0.1) is 0 Å². The molecule has 0 N–H and O–H groups in total. The van der Waals surface area contributed by atoms with Gasteiger partial charge in [-0.1, -0.05) is 48.5 Å². The van der Waals surface area contributed by atoms with E-state index in [0.29, 0.717) is 12.4 Å². The Kier molecular flexibility index (Phi) is 3.56. The third-order valence-electron chi connectivity index (χ3n) is 3.75. The average Bonchev–Trinajstić information content (AvgIpc) is 3.14. The molecule has 2 heterocycles. The lowest BCUT2D eigenvalue weighted by atomic mass is 10.2. The molecule has 23 heavy (non-hydrogen) atoms. The molecule has 1 aliphatic rings. The summed E-state index contributed by atoms with van der Waals surface area (Å²) in [6, 6.07) is 19.9. The van der Waals surface area contributed by atoms with Crippen LogP contribution in [0.25, 0.3) is 11.4 Å². The molecule has 0 spiro atoms. The molecule has 112 valence electrons. The summed E-state index contributed by atoms with van der Waals surface area (Å²) in [7, 11) is 0. The van der Waals surface area contributed by atoms with Crippen molar-refractivity contribution in [2.45, 2.75) is 6.10 Å². The molecular weight excluding hydrogens is 286 g/mol. The maximum Gasteiger partial charge on any atom is 0.216 e. The van der Waals surface area contributed by atoms with Crippen LogP contribution in [0.1, 0.15) is 17.2 Å². The Morgan fingerprint density at radius 3 is 2.04 bits per heavy atom. The van der Waals surface area contributed by atoms with E-state index in [1.54, 1.807) is 0 Å². The quantitative estimate of drug-likeness (QED) is 0.741. The van der Waals surface area contributed by atoms with E-state index in [1.165, 1.54) is 0 Å². The molecule has 0 saturated heterocycles. The monoisotopic (exact) mass is 301 g/mol.